The maximum atomic E-state index is 12.3. The van der Waals surface area contributed by atoms with Crippen molar-refractivity contribution in [1.29, 1.82) is 0 Å². The number of hydrogen-bond acceptors (Lipinski definition) is 5. The number of β-amino-alcohol motifs (C(OH)–C–C–N with tert-alkyl or cyclic N) is 1. The van der Waals surface area contributed by atoms with E-state index in [2.05, 4.69) is 10.6 Å². The molecule has 0 spiro atoms. The van der Waals surface area contributed by atoms with Crippen LogP contribution in [-0.2, 0) is 0 Å². The molecule has 1 aliphatic carbocycles. The summed E-state index contributed by atoms with van der Waals surface area (Å²) in [6.07, 6.45) is 4.40. The predicted molar refractivity (Wildman–Crippen MR) is 90.6 cm³/mol. The Balaban J connectivity index is 1.61. The van der Waals surface area contributed by atoms with Gasteiger partial charge >= 0.3 is 0 Å². The van der Waals surface area contributed by atoms with E-state index in [-0.39, 0.29) is 17.9 Å². The molecule has 0 radical (unpaired) electrons. The van der Waals surface area contributed by atoms with Crippen molar-refractivity contribution in [1.82, 2.24) is 10.6 Å². The minimum Gasteiger partial charge on any atom is -0.493 e. The topological polar surface area (TPSA) is 79.8 Å². The van der Waals surface area contributed by atoms with Gasteiger partial charge in [0, 0.05) is 31.1 Å². The number of ether oxygens (including phenoxy) is 2. The van der Waals surface area contributed by atoms with Crippen LogP contribution in [0.25, 0.3) is 0 Å². The molecule has 2 unspecified atom stereocenters. The van der Waals surface area contributed by atoms with Gasteiger partial charge in [0.05, 0.1) is 19.3 Å². The maximum Gasteiger partial charge on any atom is 0.251 e. The van der Waals surface area contributed by atoms with Crippen LogP contribution < -0.4 is 20.1 Å². The van der Waals surface area contributed by atoms with Crippen molar-refractivity contribution >= 4 is 5.91 Å². The van der Waals surface area contributed by atoms with Crippen molar-refractivity contribution in [3.8, 4) is 11.5 Å². The zero-order chi connectivity index (χ0) is 16.9. The zero-order valence-electron chi connectivity index (χ0n) is 14.1. The van der Waals surface area contributed by atoms with Crippen molar-refractivity contribution in [3.05, 3.63) is 23.8 Å². The summed E-state index contributed by atoms with van der Waals surface area (Å²) in [4.78, 5) is 12.3. The van der Waals surface area contributed by atoms with Crippen molar-refractivity contribution in [2.24, 2.45) is 5.92 Å². The molecule has 2 fully saturated rings. The number of aliphatic hydroxyl groups is 1. The molecule has 1 saturated carbocycles. The summed E-state index contributed by atoms with van der Waals surface area (Å²) < 4.78 is 11.4. The summed E-state index contributed by atoms with van der Waals surface area (Å²) in [5.41, 5.74) is 0.533. The van der Waals surface area contributed by atoms with E-state index < -0.39 is 6.10 Å². The highest BCUT2D eigenvalue weighted by Crippen LogP contribution is 2.32. The SMILES string of the molecule is COc1cc(C(=O)NCC2CNCC2O)ccc1OC1CCCC1. The van der Waals surface area contributed by atoms with Gasteiger partial charge in [-0.1, -0.05) is 0 Å². The molecule has 6 nitrogen and oxygen atoms in total. The highest BCUT2D eigenvalue weighted by atomic mass is 16.5. The summed E-state index contributed by atoms with van der Waals surface area (Å²) >= 11 is 0. The van der Waals surface area contributed by atoms with Crippen LogP contribution in [0.15, 0.2) is 18.2 Å². The molecule has 0 bridgehead atoms. The standard InChI is InChI=1S/C18H26N2O4/c1-23-17-8-12(6-7-16(17)24-14-4-2-3-5-14)18(22)20-10-13-9-19-11-15(13)21/h6-8,13-15,19,21H,2-5,9-11H2,1H3,(H,20,22). The van der Waals surface area contributed by atoms with Crippen LogP contribution in [0, 0.1) is 5.92 Å². The first kappa shape index (κ1) is 17.0. The number of aliphatic hydroxyl groups excluding tert-OH is 1. The molecule has 1 aromatic rings. The maximum absolute atomic E-state index is 12.3. The van der Waals surface area contributed by atoms with Crippen molar-refractivity contribution in [2.45, 2.75) is 37.9 Å². The Bertz CT molecular complexity index is 572. The molecule has 3 rings (SSSR count). The lowest BCUT2D eigenvalue weighted by Crippen LogP contribution is -2.34. The predicted octanol–water partition coefficient (Wildman–Crippen LogP) is 1.33. The van der Waals surface area contributed by atoms with Gasteiger partial charge in [0.25, 0.3) is 5.91 Å². The smallest absolute Gasteiger partial charge is 0.251 e. The minimum absolute atomic E-state index is 0.0563. The number of nitrogens with one attached hydrogen (secondary N) is 2. The van der Waals surface area contributed by atoms with Crippen molar-refractivity contribution < 1.29 is 19.4 Å². The number of methoxy groups -OCH3 is 1. The largest absolute Gasteiger partial charge is 0.493 e. The Hall–Kier alpha value is -1.79. The highest BCUT2D eigenvalue weighted by molar-refractivity contribution is 5.94. The number of benzene rings is 1. The molecule has 0 aromatic heterocycles. The Labute approximate surface area is 142 Å². The molecular formula is C18H26N2O4. The first-order valence-electron chi connectivity index (χ1n) is 8.69. The van der Waals surface area contributed by atoms with Gasteiger partial charge in [0.2, 0.25) is 0 Å². The highest BCUT2D eigenvalue weighted by Gasteiger charge is 2.25. The third kappa shape index (κ3) is 3.99. The second-order valence-electron chi connectivity index (χ2n) is 6.59. The first-order valence-corrected chi connectivity index (χ1v) is 8.69. The molecule has 1 aromatic carbocycles. The van der Waals surface area contributed by atoms with E-state index >= 15 is 0 Å². The second kappa shape index (κ2) is 7.85. The van der Waals surface area contributed by atoms with Crippen LogP contribution in [0.2, 0.25) is 0 Å². The van der Waals surface area contributed by atoms with Gasteiger partial charge in [-0.15, -0.1) is 0 Å². The molecule has 3 N–H and O–H groups in total. The van der Waals surface area contributed by atoms with Gasteiger partial charge in [-0.25, -0.2) is 0 Å². The first-order chi connectivity index (χ1) is 11.7. The summed E-state index contributed by atoms with van der Waals surface area (Å²) in [5.74, 6) is 1.16. The van der Waals surface area contributed by atoms with E-state index in [1.165, 1.54) is 12.8 Å². The molecule has 1 saturated heterocycles. The van der Waals surface area contributed by atoms with E-state index in [1.54, 1.807) is 25.3 Å². The third-order valence-corrected chi connectivity index (χ3v) is 4.85. The number of hydrogen-bond donors (Lipinski definition) is 3. The minimum atomic E-state index is -0.401. The lowest BCUT2D eigenvalue weighted by atomic mass is 10.1. The van der Waals surface area contributed by atoms with Crippen molar-refractivity contribution in [2.75, 3.05) is 26.7 Å². The van der Waals surface area contributed by atoms with Crippen molar-refractivity contribution in [3.63, 3.8) is 0 Å². The Kier molecular flexibility index (Phi) is 5.58. The molecular weight excluding hydrogens is 308 g/mol. The van der Waals surface area contributed by atoms with Crippen LogP contribution in [-0.4, -0.2) is 50.0 Å². The summed E-state index contributed by atoms with van der Waals surface area (Å²) in [6, 6.07) is 5.27. The quantitative estimate of drug-likeness (QED) is 0.731. The van der Waals surface area contributed by atoms with Crippen LogP contribution in [0.5, 0.6) is 11.5 Å². The fourth-order valence-electron chi connectivity index (χ4n) is 3.35. The molecule has 132 valence electrons. The Morgan fingerprint density at radius 1 is 1.29 bits per heavy atom. The monoisotopic (exact) mass is 334 g/mol. The van der Waals surface area contributed by atoms with Gasteiger partial charge in [0.1, 0.15) is 0 Å². The Morgan fingerprint density at radius 2 is 2.08 bits per heavy atom. The van der Waals surface area contributed by atoms with Gasteiger partial charge < -0.3 is 25.2 Å². The second-order valence-corrected chi connectivity index (χ2v) is 6.59. The van der Waals surface area contributed by atoms with Crippen LogP contribution in [0.4, 0.5) is 0 Å². The van der Waals surface area contributed by atoms with Crippen LogP contribution in [0.1, 0.15) is 36.0 Å². The molecule has 2 aliphatic rings. The number of rotatable bonds is 6. The average Bonchev–Trinajstić information content (AvgIpc) is 3.24. The van der Waals surface area contributed by atoms with Gasteiger partial charge in [-0.2, -0.15) is 0 Å². The summed E-state index contributed by atoms with van der Waals surface area (Å²) in [5, 5.41) is 15.8. The fourth-order valence-corrected chi connectivity index (χ4v) is 3.35. The van der Waals surface area contributed by atoms with Gasteiger partial charge in [0.15, 0.2) is 11.5 Å². The van der Waals surface area contributed by atoms with E-state index in [0.717, 1.165) is 19.4 Å². The van der Waals surface area contributed by atoms with E-state index in [4.69, 9.17) is 9.47 Å². The number of carbonyl (C=O) groups excluding carboxylic acids is 1. The van der Waals surface area contributed by atoms with E-state index in [0.29, 0.717) is 30.2 Å². The summed E-state index contributed by atoms with van der Waals surface area (Å²) in [7, 11) is 1.58. The molecule has 1 heterocycles. The molecule has 1 amide bonds. The Morgan fingerprint density at radius 3 is 2.75 bits per heavy atom. The van der Waals surface area contributed by atoms with Gasteiger partial charge in [-0.05, 0) is 43.9 Å². The lowest BCUT2D eigenvalue weighted by molar-refractivity contribution is 0.0926. The van der Waals surface area contributed by atoms with E-state index in [1.807, 2.05) is 0 Å². The van der Waals surface area contributed by atoms with Crippen LogP contribution in [0.3, 0.4) is 0 Å². The molecule has 1 aliphatic heterocycles. The van der Waals surface area contributed by atoms with Gasteiger partial charge in [-0.3, -0.25) is 4.79 Å². The molecule has 24 heavy (non-hydrogen) atoms. The fraction of sp³-hybridized carbons (Fsp3) is 0.611. The number of amides is 1. The summed E-state index contributed by atoms with van der Waals surface area (Å²) in [6.45, 7) is 1.76. The lowest BCUT2D eigenvalue weighted by Gasteiger charge is -2.17. The molecule has 2 atom stereocenters. The average molecular weight is 334 g/mol. The third-order valence-electron chi connectivity index (χ3n) is 4.85. The zero-order valence-corrected chi connectivity index (χ0v) is 14.1. The van der Waals surface area contributed by atoms with E-state index in [9.17, 15) is 9.90 Å². The number of carbonyl (C=O) groups is 1. The normalized spacial score (nSPS) is 24.1. The van der Waals surface area contributed by atoms with Crippen LogP contribution >= 0.6 is 0 Å². The molecule has 6 heteroatoms.